The molecule has 1 heterocycles. The van der Waals surface area contributed by atoms with Crippen LogP contribution < -0.4 is 9.50 Å². The summed E-state index contributed by atoms with van der Waals surface area (Å²) in [6, 6.07) is 0. The fourth-order valence-corrected chi connectivity index (χ4v) is 1.64. The number of carbonyl (C=O) groups excluding carboxylic acids is 1. The number of esters is 1. The van der Waals surface area contributed by atoms with Crippen molar-refractivity contribution < 1.29 is 35.3 Å². The number of hydrogen-bond donors (Lipinski definition) is 1. The SMILES string of the molecule is CNc1nc(OS(=O)(=O)C(F)(F)F)c(C(=O)OC)nc1Cl. The van der Waals surface area contributed by atoms with E-state index < -0.39 is 38.3 Å². The molecule has 0 saturated carbocycles. The Kier molecular flexibility index (Phi) is 4.83. The molecule has 118 valence electrons. The van der Waals surface area contributed by atoms with Crippen LogP contribution in [-0.2, 0) is 14.9 Å². The highest BCUT2D eigenvalue weighted by atomic mass is 35.5. The van der Waals surface area contributed by atoms with Gasteiger partial charge in [0, 0.05) is 7.05 Å². The smallest absolute Gasteiger partial charge is 0.464 e. The maximum absolute atomic E-state index is 12.3. The van der Waals surface area contributed by atoms with E-state index in [0.29, 0.717) is 0 Å². The van der Waals surface area contributed by atoms with Gasteiger partial charge in [0.05, 0.1) is 7.11 Å². The molecule has 0 fully saturated rings. The van der Waals surface area contributed by atoms with Crippen LogP contribution in [0, 0.1) is 0 Å². The van der Waals surface area contributed by atoms with Crippen molar-refractivity contribution in [3.8, 4) is 5.88 Å². The van der Waals surface area contributed by atoms with Gasteiger partial charge in [-0.3, -0.25) is 0 Å². The normalized spacial score (nSPS) is 11.9. The van der Waals surface area contributed by atoms with Gasteiger partial charge < -0.3 is 14.2 Å². The fraction of sp³-hybridized carbons (Fsp3) is 0.375. The molecule has 8 nitrogen and oxygen atoms in total. The summed E-state index contributed by atoms with van der Waals surface area (Å²) >= 11 is 5.59. The Bertz CT molecular complexity index is 664. The van der Waals surface area contributed by atoms with Crippen molar-refractivity contribution in [1.82, 2.24) is 9.97 Å². The summed E-state index contributed by atoms with van der Waals surface area (Å²) in [6.07, 6.45) is 0. The second-order valence-electron chi connectivity index (χ2n) is 3.24. The highest BCUT2D eigenvalue weighted by Crippen LogP contribution is 2.30. The average Bonchev–Trinajstić information content (AvgIpc) is 2.37. The zero-order chi connectivity index (χ0) is 16.4. The van der Waals surface area contributed by atoms with Crippen molar-refractivity contribution in [3.63, 3.8) is 0 Å². The number of halogens is 4. The lowest BCUT2D eigenvalue weighted by Crippen LogP contribution is -2.29. The molecule has 0 aliphatic heterocycles. The summed E-state index contributed by atoms with van der Waals surface area (Å²) in [7, 11) is -3.85. The van der Waals surface area contributed by atoms with Gasteiger partial charge in [-0.15, -0.1) is 0 Å². The van der Waals surface area contributed by atoms with Crippen molar-refractivity contribution >= 4 is 33.5 Å². The van der Waals surface area contributed by atoms with Gasteiger partial charge in [-0.25, -0.2) is 9.78 Å². The minimum absolute atomic E-state index is 0.295. The third-order valence-corrected chi connectivity index (χ3v) is 3.12. The Labute approximate surface area is 121 Å². The third-order valence-electron chi connectivity index (χ3n) is 1.91. The summed E-state index contributed by atoms with van der Waals surface area (Å²) in [4.78, 5) is 18.1. The predicted octanol–water partition coefficient (Wildman–Crippen LogP) is 1.19. The molecule has 1 rings (SSSR count). The molecule has 0 amide bonds. The van der Waals surface area contributed by atoms with Crippen LogP contribution in [0.3, 0.4) is 0 Å². The average molecular weight is 350 g/mol. The molecule has 1 aromatic heterocycles. The second kappa shape index (κ2) is 5.89. The molecule has 0 aliphatic rings. The van der Waals surface area contributed by atoms with Gasteiger partial charge in [0.15, 0.2) is 11.0 Å². The quantitative estimate of drug-likeness (QED) is 0.490. The van der Waals surface area contributed by atoms with E-state index in [2.05, 4.69) is 24.2 Å². The summed E-state index contributed by atoms with van der Waals surface area (Å²) in [5.74, 6) is -2.79. The van der Waals surface area contributed by atoms with E-state index in [1.54, 1.807) is 0 Å². The minimum Gasteiger partial charge on any atom is -0.464 e. The van der Waals surface area contributed by atoms with Gasteiger partial charge in [-0.2, -0.15) is 26.6 Å². The second-order valence-corrected chi connectivity index (χ2v) is 5.14. The van der Waals surface area contributed by atoms with Gasteiger partial charge in [-0.05, 0) is 0 Å². The molecular formula is C8H7ClF3N3O5S. The lowest BCUT2D eigenvalue weighted by molar-refractivity contribution is -0.0502. The lowest BCUT2D eigenvalue weighted by Gasteiger charge is -2.12. The third kappa shape index (κ3) is 3.64. The number of ether oxygens (including phenoxy) is 1. The van der Waals surface area contributed by atoms with Crippen LogP contribution >= 0.6 is 11.6 Å². The Morgan fingerprint density at radius 2 is 1.90 bits per heavy atom. The molecule has 0 radical (unpaired) electrons. The molecule has 0 saturated heterocycles. The van der Waals surface area contributed by atoms with Gasteiger partial charge in [0.1, 0.15) is 0 Å². The van der Waals surface area contributed by atoms with Crippen LogP contribution in [0.25, 0.3) is 0 Å². The number of alkyl halides is 3. The Hall–Kier alpha value is -1.82. The number of nitrogens with zero attached hydrogens (tertiary/aromatic N) is 2. The maximum atomic E-state index is 12.3. The lowest BCUT2D eigenvalue weighted by atomic mass is 10.4. The first-order chi connectivity index (χ1) is 9.53. The van der Waals surface area contributed by atoms with Gasteiger partial charge in [0.2, 0.25) is 5.69 Å². The molecule has 0 atom stereocenters. The number of methoxy groups -OCH3 is 1. The van der Waals surface area contributed by atoms with Crippen LogP contribution in [0.5, 0.6) is 5.88 Å². The van der Waals surface area contributed by atoms with E-state index in [-0.39, 0.29) is 5.82 Å². The molecule has 0 aliphatic carbocycles. The molecule has 1 aromatic rings. The molecule has 13 heteroatoms. The van der Waals surface area contributed by atoms with Crippen molar-refractivity contribution in [2.75, 3.05) is 19.5 Å². The zero-order valence-corrected chi connectivity index (χ0v) is 11.9. The fourth-order valence-electron chi connectivity index (χ4n) is 0.997. The molecule has 0 unspecified atom stereocenters. The first-order valence-electron chi connectivity index (χ1n) is 4.88. The zero-order valence-electron chi connectivity index (χ0n) is 10.4. The highest BCUT2D eigenvalue weighted by Gasteiger charge is 2.49. The summed E-state index contributed by atoms with van der Waals surface area (Å²) in [5, 5.41) is 1.94. The molecule has 1 N–H and O–H groups in total. The van der Waals surface area contributed by atoms with E-state index >= 15 is 0 Å². The summed E-state index contributed by atoms with van der Waals surface area (Å²) in [5.41, 5.74) is -6.63. The molecule has 0 spiro atoms. The number of hydrogen-bond acceptors (Lipinski definition) is 8. The number of carbonyl (C=O) groups is 1. The standard InChI is InChI=1S/C8H7ClF3N3O5S/c1-13-5-4(9)14-3(7(16)19-2)6(15-5)20-21(17,18)8(10,11)12/h1-2H3,(H,13,15). The predicted molar refractivity (Wildman–Crippen MR) is 63.5 cm³/mol. The Morgan fingerprint density at radius 1 is 1.33 bits per heavy atom. The van der Waals surface area contributed by atoms with Gasteiger partial charge >= 0.3 is 21.6 Å². The number of rotatable bonds is 4. The first-order valence-corrected chi connectivity index (χ1v) is 6.66. The van der Waals surface area contributed by atoms with Gasteiger partial charge in [0.25, 0.3) is 5.88 Å². The first kappa shape index (κ1) is 17.2. The monoisotopic (exact) mass is 349 g/mol. The minimum atomic E-state index is -6.03. The number of nitrogens with one attached hydrogen (secondary N) is 1. The molecule has 0 bridgehead atoms. The number of anilines is 1. The van der Waals surface area contributed by atoms with Crippen LogP contribution in [0.2, 0.25) is 5.15 Å². The van der Waals surface area contributed by atoms with Crippen LogP contribution in [0.4, 0.5) is 19.0 Å². The summed E-state index contributed by atoms with van der Waals surface area (Å²) < 4.78 is 66.7. The van der Waals surface area contributed by atoms with E-state index in [0.717, 1.165) is 7.11 Å². The number of aromatic nitrogens is 2. The Morgan fingerprint density at radius 3 is 2.33 bits per heavy atom. The molecule has 21 heavy (non-hydrogen) atoms. The topological polar surface area (TPSA) is 107 Å². The maximum Gasteiger partial charge on any atom is 0.534 e. The van der Waals surface area contributed by atoms with Crippen molar-refractivity contribution in [2.45, 2.75) is 5.51 Å². The van der Waals surface area contributed by atoms with E-state index in [1.807, 2.05) is 0 Å². The molecular weight excluding hydrogens is 343 g/mol. The van der Waals surface area contributed by atoms with Gasteiger partial charge in [-0.1, -0.05) is 11.6 Å². The highest BCUT2D eigenvalue weighted by molar-refractivity contribution is 7.87. The van der Waals surface area contributed by atoms with Crippen molar-refractivity contribution in [1.29, 1.82) is 0 Å². The van der Waals surface area contributed by atoms with Crippen LogP contribution in [0.1, 0.15) is 10.5 Å². The Balaban J connectivity index is 3.43. The van der Waals surface area contributed by atoms with Crippen molar-refractivity contribution in [3.05, 3.63) is 10.8 Å². The van der Waals surface area contributed by atoms with E-state index in [9.17, 15) is 26.4 Å². The van der Waals surface area contributed by atoms with Crippen molar-refractivity contribution in [2.24, 2.45) is 0 Å². The largest absolute Gasteiger partial charge is 0.534 e. The van der Waals surface area contributed by atoms with E-state index in [1.165, 1.54) is 7.05 Å². The van der Waals surface area contributed by atoms with Crippen LogP contribution in [-0.4, -0.2) is 44.0 Å². The van der Waals surface area contributed by atoms with E-state index in [4.69, 9.17) is 11.6 Å². The summed E-state index contributed by atoms with van der Waals surface area (Å²) in [6.45, 7) is 0. The van der Waals surface area contributed by atoms with Crippen LogP contribution in [0.15, 0.2) is 0 Å². The molecule has 0 aromatic carbocycles.